The van der Waals surface area contributed by atoms with Crippen LogP contribution in [0.2, 0.25) is 0 Å². The van der Waals surface area contributed by atoms with Crippen LogP contribution in [0, 0.1) is 5.82 Å². The van der Waals surface area contributed by atoms with Gasteiger partial charge in [0, 0.05) is 12.1 Å². The quantitative estimate of drug-likeness (QED) is 0.603. The summed E-state index contributed by atoms with van der Waals surface area (Å²) >= 11 is 0. The molecule has 4 rings (SSSR count). The van der Waals surface area contributed by atoms with Gasteiger partial charge in [-0.3, -0.25) is 4.79 Å². The molecule has 2 aromatic carbocycles. The fraction of sp³-hybridized carbons (Fsp3) is 0.348. The van der Waals surface area contributed by atoms with E-state index >= 15 is 0 Å². The molecule has 3 aromatic rings. The van der Waals surface area contributed by atoms with E-state index in [2.05, 4.69) is 10.1 Å². The molecule has 0 radical (unpaired) electrons. The smallest absolute Gasteiger partial charge is 0.249 e. The highest BCUT2D eigenvalue weighted by molar-refractivity contribution is 5.84. The Morgan fingerprint density at radius 3 is 2.66 bits per heavy atom. The molecule has 150 valence electrons. The summed E-state index contributed by atoms with van der Waals surface area (Å²) in [4.78, 5) is 19.8. The standard InChI is InChI=1S/C23H24FN3O2/c1-2-19(16-8-4-3-5-9-16)23(28)27-15-7-6-10-20(27)22-25-21(26-29-22)17-11-13-18(24)14-12-17/h3-5,8-9,11-14,19-20H,2,6-7,10,15H2,1H3. The summed E-state index contributed by atoms with van der Waals surface area (Å²) in [6, 6.07) is 15.6. The van der Waals surface area contributed by atoms with Gasteiger partial charge in [0.05, 0.1) is 5.92 Å². The number of carbonyl (C=O) groups is 1. The SMILES string of the molecule is CCC(C(=O)N1CCCCC1c1nc(-c2ccc(F)cc2)no1)c1ccccc1. The highest BCUT2D eigenvalue weighted by Gasteiger charge is 2.35. The lowest BCUT2D eigenvalue weighted by molar-refractivity contribution is -0.137. The maximum atomic E-state index is 13.4. The Labute approximate surface area is 169 Å². The van der Waals surface area contributed by atoms with Crippen LogP contribution in [0.3, 0.4) is 0 Å². The maximum Gasteiger partial charge on any atom is 0.249 e. The average molecular weight is 393 g/mol. The Hall–Kier alpha value is -3.02. The van der Waals surface area contributed by atoms with Crippen molar-refractivity contribution >= 4 is 5.91 Å². The minimum absolute atomic E-state index is 0.102. The number of amides is 1. The van der Waals surface area contributed by atoms with Crippen LogP contribution in [0.1, 0.15) is 56.0 Å². The number of benzene rings is 2. The summed E-state index contributed by atoms with van der Waals surface area (Å²) in [5.41, 5.74) is 1.72. The molecule has 6 heteroatoms. The van der Waals surface area contributed by atoms with Crippen LogP contribution in [0.25, 0.3) is 11.4 Å². The predicted octanol–water partition coefficient (Wildman–Crippen LogP) is 5.12. The molecule has 1 aliphatic rings. The van der Waals surface area contributed by atoms with E-state index in [-0.39, 0.29) is 23.7 Å². The van der Waals surface area contributed by atoms with Crippen LogP contribution < -0.4 is 0 Å². The number of likely N-dealkylation sites (tertiary alicyclic amines) is 1. The van der Waals surface area contributed by atoms with Gasteiger partial charge in [-0.25, -0.2) is 4.39 Å². The molecule has 1 aromatic heterocycles. The van der Waals surface area contributed by atoms with Crippen molar-refractivity contribution in [2.75, 3.05) is 6.54 Å². The molecule has 1 saturated heterocycles. The van der Waals surface area contributed by atoms with Crippen LogP contribution >= 0.6 is 0 Å². The van der Waals surface area contributed by atoms with Crippen molar-refractivity contribution in [3.8, 4) is 11.4 Å². The Kier molecular flexibility index (Phi) is 5.69. The Morgan fingerprint density at radius 2 is 1.93 bits per heavy atom. The van der Waals surface area contributed by atoms with Gasteiger partial charge < -0.3 is 9.42 Å². The molecule has 0 spiro atoms. The van der Waals surface area contributed by atoms with Crippen molar-refractivity contribution in [1.29, 1.82) is 0 Å². The van der Waals surface area contributed by atoms with E-state index < -0.39 is 0 Å². The fourth-order valence-electron chi connectivity index (χ4n) is 3.98. The van der Waals surface area contributed by atoms with Gasteiger partial charge in [0.1, 0.15) is 11.9 Å². The minimum atomic E-state index is -0.312. The Bertz CT molecular complexity index is 956. The highest BCUT2D eigenvalue weighted by Crippen LogP contribution is 2.34. The molecule has 0 bridgehead atoms. The number of halogens is 1. The molecule has 0 N–H and O–H groups in total. The first kappa shape index (κ1) is 19.3. The first-order chi connectivity index (χ1) is 14.2. The van der Waals surface area contributed by atoms with E-state index in [0.717, 1.165) is 31.2 Å². The molecule has 0 saturated carbocycles. The molecule has 2 heterocycles. The monoisotopic (exact) mass is 393 g/mol. The zero-order valence-electron chi connectivity index (χ0n) is 16.4. The molecule has 1 fully saturated rings. The van der Waals surface area contributed by atoms with E-state index in [9.17, 15) is 9.18 Å². The van der Waals surface area contributed by atoms with Crippen molar-refractivity contribution in [2.24, 2.45) is 0 Å². The minimum Gasteiger partial charge on any atom is -0.337 e. The molecular formula is C23H24FN3O2. The third kappa shape index (κ3) is 4.06. The van der Waals surface area contributed by atoms with Gasteiger partial charge >= 0.3 is 0 Å². The van der Waals surface area contributed by atoms with Gasteiger partial charge in [-0.15, -0.1) is 0 Å². The van der Waals surface area contributed by atoms with Crippen LogP contribution in [0.15, 0.2) is 59.1 Å². The van der Waals surface area contributed by atoms with Crippen molar-refractivity contribution in [3.63, 3.8) is 0 Å². The molecule has 0 aliphatic carbocycles. The Balaban J connectivity index is 1.59. The van der Waals surface area contributed by atoms with Gasteiger partial charge in [0.2, 0.25) is 17.6 Å². The summed E-state index contributed by atoms with van der Waals surface area (Å²) in [7, 11) is 0. The molecule has 29 heavy (non-hydrogen) atoms. The first-order valence-electron chi connectivity index (χ1n) is 10.1. The second-order valence-electron chi connectivity index (χ2n) is 7.38. The number of aromatic nitrogens is 2. The lowest BCUT2D eigenvalue weighted by atomic mass is 9.92. The lowest BCUT2D eigenvalue weighted by Gasteiger charge is -2.35. The number of carbonyl (C=O) groups excluding carboxylic acids is 1. The number of piperidine rings is 1. The van der Waals surface area contributed by atoms with Crippen molar-refractivity contribution < 1.29 is 13.7 Å². The van der Waals surface area contributed by atoms with E-state index in [4.69, 9.17) is 4.52 Å². The third-order valence-electron chi connectivity index (χ3n) is 5.52. The summed E-state index contributed by atoms with van der Waals surface area (Å²) in [5.74, 6) is 0.461. The predicted molar refractivity (Wildman–Crippen MR) is 107 cm³/mol. The zero-order valence-corrected chi connectivity index (χ0v) is 16.4. The molecular weight excluding hydrogens is 369 g/mol. The maximum absolute atomic E-state index is 13.4. The van der Waals surface area contributed by atoms with E-state index in [1.807, 2.05) is 42.2 Å². The summed E-state index contributed by atoms with van der Waals surface area (Å²) in [5, 5.41) is 4.06. The second kappa shape index (κ2) is 8.55. The average Bonchev–Trinajstić information content (AvgIpc) is 3.25. The number of hydrogen-bond donors (Lipinski definition) is 0. The van der Waals surface area contributed by atoms with Crippen LogP contribution in [0.4, 0.5) is 4.39 Å². The lowest BCUT2D eigenvalue weighted by Crippen LogP contribution is -2.41. The van der Waals surface area contributed by atoms with Crippen molar-refractivity contribution in [3.05, 3.63) is 71.9 Å². The number of nitrogens with zero attached hydrogens (tertiary/aromatic N) is 3. The second-order valence-corrected chi connectivity index (χ2v) is 7.38. The van der Waals surface area contributed by atoms with E-state index in [1.165, 1.54) is 12.1 Å². The fourth-order valence-corrected chi connectivity index (χ4v) is 3.98. The molecule has 2 atom stereocenters. The molecule has 5 nitrogen and oxygen atoms in total. The van der Waals surface area contributed by atoms with Gasteiger partial charge in [-0.2, -0.15) is 4.98 Å². The molecule has 2 unspecified atom stereocenters. The Morgan fingerprint density at radius 1 is 1.17 bits per heavy atom. The summed E-state index contributed by atoms with van der Waals surface area (Å²) in [6.45, 7) is 2.72. The van der Waals surface area contributed by atoms with Gasteiger partial charge in [-0.1, -0.05) is 42.4 Å². The van der Waals surface area contributed by atoms with Gasteiger partial charge in [-0.05, 0) is 55.5 Å². The van der Waals surface area contributed by atoms with Gasteiger partial charge in [0.25, 0.3) is 0 Å². The van der Waals surface area contributed by atoms with E-state index in [1.54, 1.807) is 12.1 Å². The zero-order chi connectivity index (χ0) is 20.2. The number of rotatable bonds is 5. The van der Waals surface area contributed by atoms with Crippen LogP contribution in [-0.4, -0.2) is 27.5 Å². The molecule has 1 aliphatic heterocycles. The van der Waals surface area contributed by atoms with Crippen molar-refractivity contribution in [2.45, 2.75) is 44.6 Å². The number of hydrogen-bond acceptors (Lipinski definition) is 4. The van der Waals surface area contributed by atoms with Crippen molar-refractivity contribution in [1.82, 2.24) is 15.0 Å². The third-order valence-corrected chi connectivity index (χ3v) is 5.52. The molecule has 1 amide bonds. The first-order valence-corrected chi connectivity index (χ1v) is 10.1. The summed E-state index contributed by atoms with van der Waals surface area (Å²) < 4.78 is 18.7. The highest BCUT2D eigenvalue weighted by atomic mass is 19.1. The van der Waals surface area contributed by atoms with Crippen LogP contribution in [0.5, 0.6) is 0 Å². The normalized spacial score (nSPS) is 17.9. The topological polar surface area (TPSA) is 59.2 Å². The summed E-state index contributed by atoms with van der Waals surface area (Å²) in [6.07, 6.45) is 3.50. The largest absolute Gasteiger partial charge is 0.337 e. The van der Waals surface area contributed by atoms with Crippen LogP contribution in [-0.2, 0) is 4.79 Å². The van der Waals surface area contributed by atoms with E-state index in [0.29, 0.717) is 23.8 Å². The van der Waals surface area contributed by atoms with Gasteiger partial charge in [0.15, 0.2) is 0 Å².